The van der Waals surface area contributed by atoms with E-state index in [9.17, 15) is 0 Å². The van der Waals surface area contributed by atoms with Crippen LogP contribution in [0.2, 0.25) is 0 Å². The van der Waals surface area contributed by atoms with Gasteiger partial charge in [-0.15, -0.1) is 0 Å². The third-order valence-electron chi connectivity index (χ3n) is 5.36. The number of hydrogen-bond donors (Lipinski definition) is 1. The molecule has 1 aromatic rings. The van der Waals surface area contributed by atoms with Gasteiger partial charge in [0.2, 0.25) is 0 Å². The van der Waals surface area contributed by atoms with Crippen LogP contribution in [0.3, 0.4) is 0 Å². The summed E-state index contributed by atoms with van der Waals surface area (Å²) < 4.78 is 0. The van der Waals surface area contributed by atoms with Crippen molar-refractivity contribution in [2.75, 3.05) is 13.1 Å². The van der Waals surface area contributed by atoms with Crippen LogP contribution in [0.25, 0.3) is 0 Å². The lowest BCUT2D eigenvalue weighted by Gasteiger charge is -2.34. The highest BCUT2D eigenvalue weighted by atomic mass is 14.9. The van der Waals surface area contributed by atoms with Gasteiger partial charge in [-0.3, -0.25) is 0 Å². The Morgan fingerprint density at radius 2 is 1.95 bits per heavy atom. The molecule has 0 aromatic heterocycles. The van der Waals surface area contributed by atoms with Crippen molar-refractivity contribution in [3.05, 3.63) is 35.4 Å². The van der Waals surface area contributed by atoms with Crippen LogP contribution in [-0.2, 0) is 6.42 Å². The fourth-order valence-corrected chi connectivity index (χ4v) is 4.50. The average Bonchev–Trinajstić information content (AvgIpc) is 2.83. The van der Waals surface area contributed by atoms with E-state index in [1.54, 1.807) is 11.1 Å². The highest BCUT2D eigenvalue weighted by Gasteiger charge is 2.34. The van der Waals surface area contributed by atoms with Crippen LogP contribution in [0.15, 0.2) is 24.3 Å². The monoisotopic (exact) mass is 271 g/mol. The van der Waals surface area contributed by atoms with Crippen LogP contribution in [-0.4, -0.2) is 13.1 Å². The first kappa shape index (κ1) is 14.1. The summed E-state index contributed by atoms with van der Waals surface area (Å²) in [6.07, 6.45) is 8.46. The molecule has 0 heterocycles. The van der Waals surface area contributed by atoms with Gasteiger partial charge in [0.15, 0.2) is 0 Å². The first-order valence-corrected chi connectivity index (χ1v) is 8.47. The van der Waals surface area contributed by atoms with Crippen LogP contribution in [0.4, 0.5) is 0 Å². The van der Waals surface area contributed by atoms with Gasteiger partial charge in [0.25, 0.3) is 0 Å². The molecule has 1 atom stereocenters. The normalized spacial score (nSPS) is 23.6. The molecule has 0 bridgehead atoms. The van der Waals surface area contributed by atoms with E-state index < -0.39 is 0 Å². The van der Waals surface area contributed by atoms with Crippen molar-refractivity contribution in [3.63, 3.8) is 0 Å². The fraction of sp³-hybridized carbons (Fsp3) is 0.684. The Kier molecular flexibility index (Phi) is 4.16. The number of benzene rings is 1. The molecule has 2 aliphatic carbocycles. The second-order valence-electron chi connectivity index (χ2n) is 7.54. The van der Waals surface area contributed by atoms with E-state index in [-0.39, 0.29) is 0 Å². The number of hydrogen-bond acceptors (Lipinski definition) is 1. The predicted molar refractivity (Wildman–Crippen MR) is 86.1 cm³/mol. The van der Waals surface area contributed by atoms with Gasteiger partial charge in [-0.05, 0) is 48.1 Å². The van der Waals surface area contributed by atoms with Gasteiger partial charge in [-0.2, -0.15) is 0 Å². The summed E-state index contributed by atoms with van der Waals surface area (Å²) in [5.41, 5.74) is 3.76. The van der Waals surface area contributed by atoms with Crippen LogP contribution in [0.5, 0.6) is 0 Å². The van der Waals surface area contributed by atoms with Crippen LogP contribution >= 0.6 is 0 Å². The third kappa shape index (κ3) is 2.93. The largest absolute Gasteiger partial charge is 0.316 e. The predicted octanol–water partition coefficient (Wildman–Crippen LogP) is 4.52. The van der Waals surface area contributed by atoms with Crippen molar-refractivity contribution < 1.29 is 0 Å². The van der Waals surface area contributed by atoms with Crippen molar-refractivity contribution >= 4 is 0 Å². The summed E-state index contributed by atoms with van der Waals surface area (Å²) in [5.74, 6) is 1.60. The molecule has 1 heteroatoms. The van der Waals surface area contributed by atoms with Crippen molar-refractivity contribution in [2.45, 2.75) is 58.3 Å². The first-order chi connectivity index (χ1) is 9.69. The van der Waals surface area contributed by atoms with Gasteiger partial charge >= 0.3 is 0 Å². The van der Waals surface area contributed by atoms with Gasteiger partial charge in [-0.1, -0.05) is 51.0 Å². The lowest BCUT2D eigenvalue weighted by Crippen LogP contribution is -2.37. The van der Waals surface area contributed by atoms with E-state index in [4.69, 9.17) is 0 Å². The molecule has 1 aromatic carbocycles. The fourth-order valence-electron chi connectivity index (χ4n) is 4.50. The minimum Gasteiger partial charge on any atom is -0.316 e. The van der Waals surface area contributed by atoms with Crippen molar-refractivity contribution in [2.24, 2.45) is 11.3 Å². The van der Waals surface area contributed by atoms with Crippen molar-refractivity contribution in [1.29, 1.82) is 0 Å². The Balaban J connectivity index is 1.50. The second kappa shape index (κ2) is 5.89. The van der Waals surface area contributed by atoms with Gasteiger partial charge in [0.1, 0.15) is 0 Å². The Bertz CT molecular complexity index is 443. The third-order valence-corrected chi connectivity index (χ3v) is 5.36. The zero-order valence-corrected chi connectivity index (χ0v) is 13.1. The Labute approximate surface area is 124 Å². The molecule has 0 aliphatic heterocycles. The average molecular weight is 271 g/mol. The lowest BCUT2D eigenvalue weighted by molar-refractivity contribution is 0.222. The summed E-state index contributed by atoms with van der Waals surface area (Å²) in [4.78, 5) is 0. The lowest BCUT2D eigenvalue weighted by atomic mass is 9.76. The molecule has 20 heavy (non-hydrogen) atoms. The van der Waals surface area contributed by atoms with Crippen LogP contribution in [0, 0.1) is 11.3 Å². The minimum atomic E-state index is 0.609. The quantitative estimate of drug-likeness (QED) is 0.802. The molecule has 1 N–H and O–H groups in total. The summed E-state index contributed by atoms with van der Waals surface area (Å²) in [7, 11) is 0. The van der Waals surface area contributed by atoms with Gasteiger partial charge in [0.05, 0.1) is 0 Å². The molecule has 2 aliphatic rings. The van der Waals surface area contributed by atoms with E-state index >= 15 is 0 Å². The van der Waals surface area contributed by atoms with E-state index in [2.05, 4.69) is 43.4 Å². The molecule has 0 spiro atoms. The van der Waals surface area contributed by atoms with Crippen molar-refractivity contribution in [3.8, 4) is 0 Å². The molecule has 1 unspecified atom stereocenters. The Morgan fingerprint density at radius 3 is 2.65 bits per heavy atom. The highest BCUT2D eigenvalue weighted by Crippen LogP contribution is 2.43. The number of fused-ring (bicyclic) bond motifs is 1. The van der Waals surface area contributed by atoms with E-state index in [0.717, 1.165) is 11.8 Å². The molecule has 1 nitrogen and oxygen atoms in total. The minimum absolute atomic E-state index is 0.609. The maximum atomic E-state index is 3.82. The molecule has 0 amide bonds. The van der Waals surface area contributed by atoms with E-state index in [1.807, 2.05) is 0 Å². The molecule has 110 valence electrons. The van der Waals surface area contributed by atoms with Crippen LogP contribution in [0.1, 0.15) is 63.0 Å². The molecular formula is C19H29N. The maximum absolute atomic E-state index is 3.82. The van der Waals surface area contributed by atoms with Gasteiger partial charge in [0, 0.05) is 19.0 Å². The van der Waals surface area contributed by atoms with Crippen molar-refractivity contribution in [1.82, 2.24) is 5.32 Å². The SMILES string of the molecule is CC(C)CC1(CNCC2Cc3ccccc32)CCCC1. The van der Waals surface area contributed by atoms with E-state index in [0.29, 0.717) is 5.41 Å². The topological polar surface area (TPSA) is 12.0 Å². The van der Waals surface area contributed by atoms with E-state index in [1.165, 1.54) is 51.6 Å². The summed E-state index contributed by atoms with van der Waals surface area (Å²) >= 11 is 0. The number of nitrogens with one attached hydrogen (secondary N) is 1. The molecule has 1 saturated carbocycles. The summed E-state index contributed by atoms with van der Waals surface area (Å²) in [6, 6.07) is 8.94. The zero-order valence-electron chi connectivity index (χ0n) is 13.1. The summed E-state index contributed by atoms with van der Waals surface area (Å²) in [6.45, 7) is 7.17. The molecule has 1 fully saturated rings. The molecule has 0 radical (unpaired) electrons. The zero-order chi connectivity index (χ0) is 14.0. The molecule has 3 rings (SSSR count). The second-order valence-corrected chi connectivity index (χ2v) is 7.54. The molecule has 0 saturated heterocycles. The summed E-state index contributed by atoms with van der Waals surface area (Å²) in [5, 5.41) is 3.82. The van der Waals surface area contributed by atoms with Gasteiger partial charge in [-0.25, -0.2) is 0 Å². The first-order valence-electron chi connectivity index (χ1n) is 8.47. The maximum Gasteiger partial charge on any atom is 0.00236 e. The van der Waals surface area contributed by atoms with Gasteiger partial charge < -0.3 is 5.32 Å². The Hall–Kier alpha value is -0.820. The molecular weight excluding hydrogens is 242 g/mol. The standard InChI is InChI=1S/C19H29N/c1-15(2)12-19(9-5-6-10-19)14-20-13-17-11-16-7-3-4-8-18(16)17/h3-4,7-8,15,17,20H,5-6,9-14H2,1-2H3. The highest BCUT2D eigenvalue weighted by molar-refractivity contribution is 5.40. The smallest absolute Gasteiger partial charge is 0.00236 e. The number of rotatable bonds is 6. The van der Waals surface area contributed by atoms with Crippen LogP contribution < -0.4 is 5.32 Å². The Morgan fingerprint density at radius 1 is 1.20 bits per heavy atom.